The Bertz CT molecular complexity index is 400. The fourth-order valence-electron chi connectivity index (χ4n) is 2.53. The van der Waals surface area contributed by atoms with E-state index in [0.29, 0.717) is 31.3 Å². The SMILES string of the molecule is CCOc1ccccc1OCCC(CO)(CO)CC(C)C. The summed E-state index contributed by atoms with van der Waals surface area (Å²) >= 11 is 0. The van der Waals surface area contributed by atoms with Gasteiger partial charge >= 0.3 is 0 Å². The predicted octanol–water partition coefficient (Wildman–Crippen LogP) is 2.87. The van der Waals surface area contributed by atoms with E-state index in [1.807, 2.05) is 31.2 Å². The molecule has 0 unspecified atom stereocenters. The highest BCUT2D eigenvalue weighted by Gasteiger charge is 2.29. The molecule has 120 valence electrons. The van der Waals surface area contributed by atoms with Crippen molar-refractivity contribution in [3.63, 3.8) is 0 Å². The lowest BCUT2D eigenvalue weighted by Gasteiger charge is -2.31. The molecule has 0 bridgehead atoms. The molecule has 4 heteroatoms. The highest BCUT2D eigenvalue weighted by molar-refractivity contribution is 5.39. The molecule has 4 nitrogen and oxygen atoms in total. The van der Waals surface area contributed by atoms with Gasteiger partial charge in [0.05, 0.1) is 26.4 Å². The van der Waals surface area contributed by atoms with E-state index in [0.717, 1.165) is 12.2 Å². The van der Waals surface area contributed by atoms with Crippen molar-refractivity contribution in [3.8, 4) is 11.5 Å². The molecule has 0 radical (unpaired) electrons. The minimum atomic E-state index is -0.477. The van der Waals surface area contributed by atoms with Crippen LogP contribution in [-0.4, -0.2) is 36.6 Å². The van der Waals surface area contributed by atoms with Crippen LogP contribution in [0.2, 0.25) is 0 Å². The quantitative estimate of drug-likeness (QED) is 0.697. The smallest absolute Gasteiger partial charge is 0.161 e. The second-order valence-electron chi connectivity index (χ2n) is 5.89. The number of benzene rings is 1. The lowest BCUT2D eigenvalue weighted by molar-refractivity contribution is 0.0188. The van der Waals surface area contributed by atoms with Crippen molar-refractivity contribution in [3.05, 3.63) is 24.3 Å². The highest BCUT2D eigenvalue weighted by atomic mass is 16.5. The normalized spacial score (nSPS) is 11.7. The van der Waals surface area contributed by atoms with Gasteiger partial charge in [-0.25, -0.2) is 0 Å². The summed E-state index contributed by atoms with van der Waals surface area (Å²) in [6.45, 7) is 7.08. The zero-order valence-corrected chi connectivity index (χ0v) is 13.3. The van der Waals surface area contributed by atoms with Crippen LogP contribution in [0.4, 0.5) is 0 Å². The monoisotopic (exact) mass is 296 g/mol. The second-order valence-corrected chi connectivity index (χ2v) is 5.89. The number of aliphatic hydroxyl groups is 2. The van der Waals surface area contributed by atoms with Crippen LogP contribution in [0.3, 0.4) is 0 Å². The van der Waals surface area contributed by atoms with Crippen LogP contribution in [0, 0.1) is 11.3 Å². The van der Waals surface area contributed by atoms with E-state index >= 15 is 0 Å². The van der Waals surface area contributed by atoms with Crippen LogP contribution < -0.4 is 9.47 Å². The first-order valence-electron chi connectivity index (χ1n) is 7.63. The number of para-hydroxylation sites is 2. The van der Waals surface area contributed by atoms with Gasteiger partial charge in [-0.1, -0.05) is 26.0 Å². The van der Waals surface area contributed by atoms with E-state index in [-0.39, 0.29) is 13.2 Å². The molecule has 0 aromatic heterocycles. The maximum Gasteiger partial charge on any atom is 0.161 e. The largest absolute Gasteiger partial charge is 0.490 e. The average Bonchev–Trinajstić information content (AvgIpc) is 2.48. The van der Waals surface area contributed by atoms with E-state index in [1.54, 1.807) is 0 Å². The predicted molar refractivity (Wildman–Crippen MR) is 83.8 cm³/mol. The summed E-state index contributed by atoms with van der Waals surface area (Å²) in [6.07, 6.45) is 1.38. The van der Waals surface area contributed by atoms with Crippen molar-refractivity contribution in [1.82, 2.24) is 0 Å². The van der Waals surface area contributed by atoms with Crippen molar-refractivity contribution >= 4 is 0 Å². The molecule has 0 aliphatic rings. The van der Waals surface area contributed by atoms with Crippen molar-refractivity contribution in [1.29, 1.82) is 0 Å². The first-order chi connectivity index (χ1) is 10.1. The molecule has 0 fully saturated rings. The minimum Gasteiger partial charge on any atom is -0.490 e. The Morgan fingerprint density at radius 2 is 1.62 bits per heavy atom. The molecule has 21 heavy (non-hydrogen) atoms. The summed E-state index contributed by atoms with van der Waals surface area (Å²) in [5, 5.41) is 19.2. The number of ether oxygens (including phenoxy) is 2. The number of aliphatic hydroxyl groups excluding tert-OH is 2. The van der Waals surface area contributed by atoms with E-state index in [4.69, 9.17) is 9.47 Å². The van der Waals surface area contributed by atoms with Gasteiger partial charge in [-0.15, -0.1) is 0 Å². The molecule has 1 aromatic rings. The molecule has 1 aromatic carbocycles. The highest BCUT2D eigenvalue weighted by Crippen LogP contribution is 2.31. The summed E-state index contributed by atoms with van der Waals surface area (Å²) in [6, 6.07) is 7.55. The third-order valence-corrected chi connectivity index (χ3v) is 3.55. The molecule has 0 heterocycles. The molecule has 0 saturated carbocycles. The van der Waals surface area contributed by atoms with Crippen LogP contribution >= 0.6 is 0 Å². The first-order valence-corrected chi connectivity index (χ1v) is 7.63. The van der Waals surface area contributed by atoms with Gasteiger partial charge in [-0.3, -0.25) is 0 Å². The molecular weight excluding hydrogens is 268 g/mol. The van der Waals surface area contributed by atoms with Crippen LogP contribution in [0.15, 0.2) is 24.3 Å². The molecule has 0 saturated heterocycles. The van der Waals surface area contributed by atoms with Crippen molar-refractivity contribution < 1.29 is 19.7 Å². The van der Waals surface area contributed by atoms with Gasteiger partial charge < -0.3 is 19.7 Å². The van der Waals surface area contributed by atoms with Gasteiger partial charge in [0.25, 0.3) is 0 Å². The Morgan fingerprint density at radius 3 is 2.10 bits per heavy atom. The maximum atomic E-state index is 9.62. The topological polar surface area (TPSA) is 58.9 Å². The average molecular weight is 296 g/mol. The van der Waals surface area contributed by atoms with Crippen LogP contribution in [0.5, 0.6) is 11.5 Å². The van der Waals surface area contributed by atoms with Crippen molar-refractivity contribution in [2.75, 3.05) is 26.4 Å². The zero-order chi connectivity index (χ0) is 15.7. The molecule has 0 atom stereocenters. The lowest BCUT2D eigenvalue weighted by Crippen LogP contribution is -2.33. The molecule has 2 N–H and O–H groups in total. The Hall–Kier alpha value is -1.26. The van der Waals surface area contributed by atoms with Gasteiger partial charge in [0.2, 0.25) is 0 Å². The summed E-state index contributed by atoms with van der Waals surface area (Å²) < 4.78 is 11.3. The Balaban J connectivity index is 2.62. The molecule has 1 rings (SSSR count). The Kier molecular flexibility index (Phi) is 7.54. The first kappa shape index (κ1) is 17.8. The lowest BCUT2D eigenvalue weighted by atomic mass is 9.79. The second kappa shape index (κ2) is 8.90. The van der Waals surface area contributed by atoms with Crippen LogP contribution in [-0.2, 0) is 0 Å². The number of rotatable bonds is 10. The Morgan fingerprint density at radius 1 is 1.05 bits per heavy atom. The van der Waals surface area contributed by atoms with Gasteiger partial charge in [0, 0.05) is 5.41 Å². The minimum absolute atomic E-state index is 0.0296. The molecular formula is C17H28O4. The molecule has 0 amide bonds. The molecule has 0 spiro atoms. The van der Waals surface area contributed by atoms with E-state index < -0.39 is 5.41 Å². The standard InChI is InChI=1S/C17H28O4/c1-4-20-15-7-5-6-8-16(15)21-10-9-17(12-18,13-19)11-14(2)3/h5-8,14,18-19H,4,9-13H2,1-3H3. The Labute approximate surface area is 127 Å². The number of hydrogen-bond donors (Lipinski definition) is 2. The maximum absolute atomic E-state index is 9.62. The van der Waals surface area contributed by atoms with Crippen molar-refractivity contribution in [2.24, 2.45) is 11.3 Å². The summed E-state index contributed by atoms with van der Waals surface area (Å²) in [7, 11) is 0. The fraction of sp³-hybridized carbons (Fsp3) is 0.647. The van der Waals surface area contributed by atoms with Gasteiger partial charge in [0.15, 0.2) is 11.5 Å². The summed E-state index contributed by atoms with van der Waals surface area (Å²) in [5.41, 5.74) is -0.477. The zero-order valence-electron chi connectivity index (χ0n) is 13.3. The summed E-state index contributed by atoms with van der Waals surface area (Å²) in [5.74, 6) is 1.84. The third kappa shape index (κ3) is 5.56. The summed E-state index contributed by atoms with van der Waals surface area (Å²) in [4.78, 5) is 0. The van der Waals surface area contributed by atoms with Gasteiger partial charge in [0.1, 0.15) is 0 Å². The fourth-order valence-corrected chi connectivity index (χ4v) is 2.53. The molecule has 0 aliphatic heterocycles. The van der Waals surface area contributed by atoms with Crippen LogP contribution in [0.25, 0.3) is 0 Å². The van der Waals surface area contributed by atoms with E-state index in [1.165, 1.54) is 0 Å². The van der Waals surface area contributed by atoms with E-state index in [9.17, 15) is 10.2 Å². The van der Waals surface area contributed by atoms with Gasteiger partial charge in [-0.05, 0) is 37.8 Å². The third-order valence-electron chi connectivity index (χ3n) is 3.55. The molecule has 0 aliphatic carbocycles. The van der Waals surface area contributed by atoms with Gasteiger partial charge in [-0.2, -0.15) is 0 Å². The van der Waals surface area contributed by atoms with E-state index in [2.05, 4.69) is 13.8 Å². The number of hydrogen-bond acceptors (Lipinski definition) is 4. The van der Waals surface area contributed by atoms with Crippen molar-refractivity contribution in [2.45, 2.75) is 33.6 Å². The van der Waals surface area contributed by atoms with Crippen LogP contribution in [0.1, 0.15) is 33.6 Å².